The maximum absolute atomic E-state index is 11.8. The van der Waals surface area contributed by atoms with Crippen molar-refractivity contribution in [3.05, 3.63) is 35.4 Å². The highest BCUT2D eigenvalue weighted by atomic mass is 19.4. The Bertz CT molecular complexity index is 325. The zero-order chi connectivity index (χ0) is 12.0. The van der Waals surface area contributed by atoms with E-state index in [0.717, 1.165) is 17.5 Å². The van der Waals surface area contributed by atoms with E-state index in [-0.39, 0.29) is 6.54 Å². The molecule has 0 amide bonds. The van der Waals surface area contributed by atoms with Crippen molar-refractivity contribution in [3.8, 4) is 0 Å². The third-order valence-corrected chi connectivity index (χ3v) is 2.10. The first kappa shape index (κ1) is 13.0. The van der Waals surface area contributed by atoms with Gasteiger partial charge in [0.25, 0.3) is 0 Å². The first-order valence-corrected chi connectivity index (χ1v) is 5.01. The summed E-state index contributed by atoms with van der Waals surface area (Å²) in [4.78, 5) is 4.33. The van der Waals surface area contributed by atoms with Crippen molar-refractivity contribution in [2.24, 2.45) is 0 Å². The van der Waals surface area contributed by atoms with Crippen LogP contribution in [0.3, 0.4) is 0 Å². The molecule has 0 saturated heterocycles. The first-order valence-electron chi connectivity index (χ1n) is 5.01. The molecule has 0 fully saturated rings. The SMILES string of the molecule is CCc1ccccc1CNOCC(F)(F)F. The molecule has 0 unspecified atom stereocenters. The largest absolute Gasteiger partial charge is 0.413 e. The number of hydrogen-bond acceptors (Lipinski definition) is 2. The molecule has 1 aromatic rings. The molecule has 0 heterocycles. The van der Waals surface area contributed by atoms with Crippen LogP contribution in [-0.4, -0.2) is 12.8 Å². The molecule has 1 N–H and O–H groups in total. The summed E-state index contributed by atoms with van der Waals surface area (Å²) >= 11 is 0. The summed E-state index contributed by atoms with van der Waals surface area (Å²) in [6.07, 6.45) is -3.45. The molecule has 0 aliphatic rings. The van der Waals surface area contributed by atoms with Gasteiger partial charge in [-0.05, 0) is 17.5 Å². The van der Waals surface area contributed by atoms with Crippen LogP contribution in [0, 0.1) is 0 Å². The van der Waals surface area contributed by atoms with Crippen LogP contribution < -0.4 is 5.48 Å². The highest BCUT2D eigenvalue weighted by molar-refractivity contribution is 5.26. The Labute approximate surface area is 92.4 Å². The van der Waals surface area contributed by atoms with E-state index in [0.29, 0.717) is 0 Å². The fraction of sp³-hybridized carbons (Fsp3) is 0.455. The predicted molar refractivity (Wildman–Crippen MR) is 54.7 cm³/mol. The van der Waals surface area contributed by atoms with E-state index in [4.69, 9.17) is 0 Å². The Kier molecular flexibility index (Phi) is 4.76. The zero-order valence-corrected chi connectivity index (χ0v) is 8.97. The van der Waals surface area contributed by atoms with Crippen LogP contribution in [0.1, 0.15) is 18.1 Å². The van der Waals surface area contributed by atoms with Gasteiger partial charge < -0.3 is 0 Å². The van der Waals surface area contributed by atoms with Crippen molar-refractivity contribution < 1.29 is 18.0 Å². The topological polar surface area (TPSA) is 21.3 Å². The van der Waals surface area contributed by atoms with Crippen LogP contribution in [0.25, 0.3) is 0 Å². The van der Waals surface area contributed by atoms with Crippen molar-refractivity contribution in [1.82, 2.24) is 5.48 Å². The Morgan fingerprint density at radius 3 is 2.38 bits per heavy atom. The minimum Gasteiger partial charge on any atom is -0.292 e. The molecule has 0 aliphatic carbocycles. The molecule has 1 aromatic carbocycles. The summed E-state index contributed by atoms with van der Waals surface area (Å²) < 4.78 is 35.3. The van der Waals surface area contributed by atoms with Gasteiger partial charge in [0.2, 0.25) is 0 Å². The molecule has 90 valence electrons. The Hall–Kier alpha value is -1.07. The number of hydroxylamine groups is 1. The minimum absolute atomic E-state index is 0.278. The van der Waals surface area contributed by atoms with Crippen LogP contribution in [0.4, 0.5) is 13.2 Å². The number of halogens is 3. The van der Waals surface area contributed by atoms with Gasteiger partial charge in [-0.15, -0.1) is 0 Å². The molecule has 0 bridgehead atoms. The predicted octanol–water partition coefficient (Wildman–Crippen LogP) is 2.83. The van der Waals surface area contributed by atoms with Gasteiger partial charge in [-0.1, -0.05) is 31.2 Å². The summed E-state index contributed by atoms with van der Waals surface area (Å²) in [6, 6.07) is 7.56. The Balaban J connectivity index is 2.37. The normalized spacial score (nSPS) is 11.8. The average Bonchev–Trinajstić information content (AvgIpc) is 2.23. The monoisotopic (exact) mass is 233 g/mol. The summed E-state index contributed by atoms with van der Waals surface area (Å²) in [6.45, 7) is 0.997. The molecule has 0 spiro atoms. The van der Waals surface area contributed by atoms with Crippen molar-refractivity contribution >= 4 is 0 Å². The summed E-state index contributed by atoms with van der Waals surface area (Å²) in [5.41, 5.74) is 4.37. The maximum Gasteiger partial charge on any atom is 0.413 e. The molecule has 0 atom stereocenters. The van der Waals surface area contributed by atoms with Gasteiger partial charge in [-0.2, -0.15) is 18.7 Å². The van der Waals surface area contributed by atoms with E-state index in [1.807, 2.05) is 31.2 Å². The number of aryl methyl sites for hydroxylation is 1. The molecule has 16 heavy (non-hydrogen) atoms. The fourth-order valence-corrected chi connectivity index (χ4v) is 1.34. The Morgan fingerprint density at radius 1 is 1.19 bits per heavy atom. The van der Waals surface area contributed by atoms with E-state index < -0.39 is 12.8 Å². The van der Waals surface area contributed by atoms with Gasteiger partial charge in [-0.25, -0.2) is 0 Å². The average molecular weight is 233 g/mol. The number of nitrogens with one attached hydrogen (secondary N) is 1. The number of hydrogen-bond donors (Lipinski definition) is 1. The highest BCUT2D eigenvalue weighted by Crippen LogP contribution is 2.14. The van der Waals surface area contributed by atoms with E-state index in [1.54, 1.807) is 0 Å². The van der Waals surface area contributed by atoms with E-state index in [2.05, 4.69) is 10.3 Å². The van der Waals surface area contributed by atoms with Gasteiger partial charge in [0, 0.05) is 6.54 Å². The number of benzene rings is 1. The van der Waals surface area contributed by atoms with Gasteiger partial charge in [0.05, 0.1) is 0 Å². The van der Waals surface area contributed by atoms with Crippen molar-refractivity contribution in [1.29, 1.82) is 0 Å². The second-order valence-corrected chi connectivity index (χ2v) is 3.35. The standard InChI is InChI=1S/C11H14F3NO/c1-2-9-5-3-4-6-10(9)7-15-16-8-11(12,13)14/h3-6,15H,2,7-8H2,1H3. The van der Waals surface area contributed by atoms with Crippen molar-refractivity contribution in [3.63, 3.8) is 0 Å². The van der Waals surface area contributed by atoms with Crippen LogP contribution in [0.15, 0.2) is 24.3 Å². The third-order valence-electron chi connectivity index (χ3n) is 2.10. The maximum atomic E-state index is 11.8. The zero-order valence-electron chi connectivity index (χ0n) is 8.97. The highest BCUT2D eigenvalue weighted by Gasteiger charge is 2.27. The first-order chi connectivity index (χ1) is 7.53. The quantitative estimate of drug-likeness (QED) is 0.623. The number of rotatable bonds is 5. The molecular formula is C11H14F3NO. The lowest BCUT2D eigenvalue weighted by molar-refractivity contribution is -0.190. The smallest absolute Gasteiger partial charge is 0.292 e. The second-order valence-electron chi connectivity index (χ2n) is 3.35. The fourth-order valence-electron chi connectivity index (χ4n) is 1.34. The lowest BCUT2D eigenvalue weighted by Crippen LogP contribution is -2.24. The molecule has 0 aromatic heterocycles. The van der Waals surface area contributed by atoms with Crippen LogP contribution in [0.5, 0.6) is 0 Å². The summed E-state index contributed by atoms with van der Waals surface area (Å²) in [5, 5.41) is 0. The molecule has 1 rings (SSSR count). The lowest BCUT2D eigenvalue weighted by atomic mass is 10.1. The number of alkyl halides is 3. The summed E-state index contributed by atoms with van der Waals surface area (Å²) in [7, 11) is 0. The van der Waals surface area contributed by atoms with Gasteiger partial charge >= 0.3 is 6.18 Å². The molecule has 2 nitrogen and oxygen atoms in total. The molecule has 0 radical (unpaired) electrons. The Morgan fingerprint density at radius 2 is 1.81 bits per heavy atom. The summed E-state index contributed by atoms with van der Waals surface area (Å²) in [5.74, 6) is 0. The van der Waals surface area contributed by atoms with Crippen LogP contribution in [0.2, 0.25) is 0 Å². The third kappa shape index (κ3) is 4.63. The van der Waals surface area contributed by atoms with Crippen molar-refractivity contribution in [2.45, 2.75) is 26.1 Å². The minimum atomic E-state index is -4.29. The van der Waals surface area contributed by atoms with E-state index in [9.17, 15) is 13.2 Å². The molecule has 0 aliphatic heterocycles. The van der Waals surface area contributed by atoms with Crippen LogP contribution >= 0.6 is 0 Å². The second kappa shape index (κ2) is 5.86. The van der Waals surface area contributed by atoms with E-state index in [1.165, 1.54) is 0 Å². The molecule has 5 heteroatoms. The van der Waals surface area contributed by atoms with Gasteiger partial charge in [0.1, 0.15) is 0 Å². The van der Waals surface area contributed by atoms with Crippen molar-refractivity contribution in [2.75, 3.05) is 6.61 Å². The van der Waals surface area contributed by atoms with E-state index >= 15 is 0 Å². The molecular weight excluding hydrogens is 219 g/mol. The van der Waals surface area contributed by atoms with Gasteiger partial charge in [-0.3, -0.25) is 4.84 Å². The molecule has 0 saturated carbocycles. The lowest BCUT2D eigenvalue weighted by Gasteiger charge is -2.10. The van der Waals surface area contributed by atoms with Crippen LogP contribution in [-0.2, 0) is 17.8 Å². The van der Waals surface area contributed by atoms with Gasteiger partial charge in [0.15, 0.2) is 6.61 Å².